The van der Waals surface area contributed by atoms with E-state index in [0.717, 1.165) is 0 Å². The van der Waals surface area contributed by atoms with E-state index >= 15 is 0 Å². The van der Waals surface area contributed by atoms with E-state index in [2.05, 4.69) is 0 Å². The summed E-state index contributed by atoms with van der Waals surface area (Å²) in [6.45, 7) is 8.76. The first-order valence-corrected chi connectivity index (χ1v) is 4.31. The molecular weight excluding hydrogens is 168 g/mol. The van der Waals surface area contributed by atoms with Crippen molar-refractivity contribution in [3.8, 4) is 0 Å². The summed E-state index contributed by atoms with van der Waals surface area (Å²) in [5.74, 6) is -0.594. The molecule has 1 N–H and O–H groups in total. The Morgan fingerprint density at radius 3 is 2.23 bits per heavy atom. The molecule has 0 aliphatic heterocycles. The predicted molar refractivity (Wildman–Crippen MR) is 51.3 cm³/mol. The molecule has 0 aromatic carbocycles. The number of hydrogen-bond acceptors (Lipinski definition) is 3. The van der Waals surface area contributed by atoms with Crippen LogP contribution in [0.15, 0.2) is 11.6 Å². The molecule has 3 nitrogen and oxygen atoms in total. The Hall–Kier alpha value is -0.830. The topological polar surface area (TPSA) is 46.5 Å². The van der Waals surface area contributed by atoms with Crippen LogP contribution >= 0.6 is 0 Å². The van der Waals surface area contributed by atoms with E-state index in [4.69, 9.17) is 4.74 Å². The molecule has 13 heavy (non-hydrogen) atoms. The molecule has 1 unspecified atom stereocenters. The summed E-state index contributed by atoms with van der Waals surface area (Å²) in [5.41, 5.74) is 0.0563. The lowest BCUT2D eigenvalue weighted by atomic mass is 10.1. The van der Waals surface area contributed by atoms with Crippen LogP contribution in [0.2, 0.25) is 0 Å². The number of carbonyl (C=O) groups is 1. The highest BCUT2D eigenvalue weighted by molar-refractivity contribution is 5.78. The number of rotatable bonds is 2. The standard InChI is InChI=1S/C10H18O3/c1-6-7(2)8(11)9(12)13-10(3,4)5/h6,8,11H,1-5H3/b7-6-. The quantitative estimate of drug-likeness (QED) is 0.527. The van der Waals surface area contributed by atoms with Gasteiger partial charge in [-0.2, -0.15) is 0 Å². The maximum atomic E-state index is 11.2. The molecule has 0 aromatic heterocycles. The first kappa shape index (κ1) is 12.2. The first-order valence-electron chi connectivity index (χ1n) is 4.31. The van der Waals surface area contributed by atoms with Crippen LogP contribution in [0.4, 0.5) is 0 Å². The van der Waals surface area contributed by atoms with Gasteiger partial charge in [0.05, 0.1) is 0 Å². The minimum atomic E-state index is -1.13. The van der Waals surface area contributed by atoms with E-state index in [9.17, 15) is 9.90 Å². The molecule has 0 radical (unpaired) electrons. The lowest BCUT2D eigenvalue weighted by molar-refractivity contribution is -0.162. The average Bonchev–Trinajstić information content (AvgIpc) is 1.98. The third kappa shape index (κ3) is 4.68. The molecule has 0 aromatic rings. The van der Waals surface area contributed by atoms with Crippen molar-refractivity contribution in [3.05, 3.63) is 11.6 Å². The summed E-state index contributed by atoms with van der Waals surface area (Å²) < 4.78 is 4.99. The van der Waals surface area contributed by atoms with E-state index in [1.807, 2.05) is 0 Å². The zero-order valence-corrected chi connectivity index (χ0v) is 8.92. The molecule has 3 heteroatoms. The fraction of sp³-hybridized carbons (Fsp3) is 0.700. The van der Waals surface area contributed by atoms with Gasteiger partial charge in [-0.15, -0.1) is 0 Å². The highest BCUT2D eigenvalue weighted by Crippen LogP contribution is 2.11. The minimum Gasteiger partial charge on any atom is -0.458 e. The molecule has 0 amide bonds. The highest BCUT2D eigenvalue weighted by atomic mass is 16.6. The van der Waals surface area contributed by atoms with Gasteiger partial charge in [0.15, 0.2) is 6.10 Å². The molecule has 1 atom stereocenters. The molecule has 0 saturated heterocycles. The Morgan fingerprint density at radius 2 is 1.92 bits per heavy atom. The Bertz CT molecular complexity index is 211. The molecule has 0 heterocycles. The number of aliphatic hydroxyl groups excluding tert-OH is 1. The molecule has 0 spiro atoms. The van der Waals surface area contributed by atoms with Gasteiger partial charge in [-0.1, -0.05) is 6.08 Å². The van der Waals surface area contributed by atoms with Crippen molar-refractivity contribution in [2.45, 2.75) is 46.3 Å². The second-order valence-corrected chi connectivity index (χ2v) is 3.97. The molecule has 76 valence electrons. The second-order valence-electron chi connectivity index (χ2n) is 3.97. The molecule has 0 saturated carbocycles. The summed E-state index contributed by atoms with van der Waals surface area (Å²) in [6.07, 6.45) is 0.554. The lowest BCUT2D eigenvalue weighted by Gasteiger charge is -2.21. The van der Waals surface area contributed by atoms with E-state index in [1.165, 1.54) is 0 Å². The van der Waals surface area contributed by atoms with Crippen molar-refractivity contribution < 1.29 is 14.6 Å². The summed E-state index contributed by atoms with van der Waals surface area (Å²) >= 11 is 0. The first-order chi connectivity index (χ1) is 5.78. The second kappa shape index (κ2) is 4.42. The van der Waals surface area contributed by atoms with Crippen molar-refractivity contribution in [2.75, 3.05) is 0 Å². The Balaban J connectivity index is 4.29. The maximum Gasteiger partial charge on any atom is 0.339 e. The third-order valence-corrected chi connectivity index (χ3v) is 1.52. The van der Waals surface area contributed by atoms with E-state index in [0.29, 0.717) is 5.57 Å². The van der Waals surface area contributed by atoms with Crippen LogP contribution < -0.4 is 0 Å². The van der Waals surface area contributed by atoms with Crippen LogP contribution in [0.25, 0.3) is 0 Å². The monoisotopic (exact) mass is 186 g/mol. The zero-order valence-electron chi connectivity index (χ0n) is 8.92. The maximum absolute atomic E-state index is 11.2. The molecule has 0 aliphatic rings. The highest BCUT2D eigenvalue weighted by Gasteiger charge is 2.23. The fourth-order valence-electron chi connectivity index (χ4n) is 0.701. The van der Waals surface area contributed by atoms with E-state index in [-0.39, 0.29) is 0 Å². The smallest absolute Gasteiger partial charge is 0.339 e. The summed E-state index contributed by atoms with van der Waals surface area (Å²) in [6, 6.07) is 0. The van der Waals surface area contributed by atoms with E-state index in [1.54, 1.807) is 40.7 Å². The van der Waals surface area contributed by atoms with Crippen LogP contribution in [0.5, 0.6) is 0 Å². The van der Waals surface area contributed by atoms with Gasteiger partial charge >= 0.3 is 5.97 Å². The summed E-state index contributed by atoms with van der Waals surface area (Å²) in [4.78, 5) is 11.2. The van der Waals surface area contributed by atoms with Crippen molar-refractivity contribution in [3.63, 3.8) is 0 Å². The SMILES string of the molecule is C/C=C(/C)C(O)C(=O)OC(C)(C)C. The molecular formula is C10H18O3. The van der Waals surface area contributed by atoms with Crippen LogP contribution in [0, 0.1) is 0 Å². The van der Waals surface area contributed by atoms with Crippen LogP contribution in [-0.2, 0) is 9.53 Å². The largest absolute Gasteiger partial charge is 0.458 e. The Kier molecular flexibility index (Phi) is 4.14. The molecule has 0 fully saturated rings. The normalized spacial score (nSPS) is 15.4. The van der Waals surface area contributed by atoms with Crippen molar-refractivity contribution in [1.82, 2.24) is 0 Å². The van der Waals surface area contributed by atoms with Gasteiger partial charge in [-0.05, 0) is 40.2 Å². The molecule has 0 rings (SSSR count). The van der Waals surface area contributed by atoms with Crippen LogP contribution in [0.1, 0.15) is 34.6 Å². The summed E-state index contributed by atoms with van der Waals surface area (Å²) in [5, 5.41) is 9.41. The number of ether oxygens (including phenoxy) is 1. The van der Waals surface area contributed by atoms with Crippen molar-refractivity contribution in [1.29, 1.82) is 0 Å². The Morgan fingerprint density at radius 1 is 1.46 bits per heavy atom. The third-order valence-electron chi connectivity index (χ3n) is 1.52. The van der Waals surface area contributed by atoms with Gasteiger partial charge in [0, 0.05) is 0 Å². The van der Waals surface area contributed by atoms with Gasteiger partial charge in [-0.25, -0.2) is 4.79 Å². The number of allylic oxidation sites excluding steroid dienone is 1. The minimum absolute atomic E-state index is 0.550. The summed E-state index contributed by atoms with van der Waals surface area (Å²) in [7, 11) is 0. The predicted octanol–water partition coefficient (Wildman–Crippen LogP) is 1.66. The molecule has 0 aliphatic carbocycles. The van der Waals surface area contributed by atoms with Gasteiger partial charge < -0.3 is 9.84 Å². The fourth-order valence-corrected chi connectivity index (χ4v) is 0.701. The van der Waals surface area contributed by atoms with Gasteiger partial charge in [-0.3, -0.25) is 0 Å². The van der Waals surface area contributed by atoms with Crippen LogP contribution in [0.3, 0.4) is 0 Å². The van der Waals surface area contributed by atoms with Crippen molar-refractivity contribution in [2.24, 2.45) is 0 Å². The van der Waals surface area contributed by atoms with Gasteiger partial charge in [0.2, 0.25) is 0 Å². The lowest BCUT2D eigenvalue weighted by Crippen LogP contribution is -2.32. The molecule has 0 bridgehead atoms. The number of esters is 1. The van der Waals surface area contributed by atoms with E-state index < -0.39 is 17.7 Å². The number of carbonyl (C=O) groups excluding carboxylic acids is 1. The van der Waals surface area contributed by atoms with Gasteiger partial charge in [0.1, 0.15) is 5.60 Å². The van der Waals surface area contributed by atoms with Crippen LogP contribution in [-0.4, -0.2) is 22.8 Å². The number of aliphatic hydroxyl groups is 1. The van der Waals surface area contributed by atoms with Gasteiger partial charge in [0.25, 0.3) is 0 Å². The van der Waals surface area contributed by atoms with Crippen molar-refractivity contribution >= 4 is 5.97 Å². The average molecular weight is 186 g/mol. The number of hydrogen-bond donors (Lipinski definition) is 1. The Labute approximate surface area is 79.4 Å². The zero-order chi connectivity index (χ0) is 10.6.